The highest BCUT2D eigenvalue weighted by Crippen LogP contribution is 2.54. The van der Waals surface area contributed by atoms with Crippen molar-refractivity contribution in [2.45, 2.75) is 66.9 Å². The highest BCUT2D eigenvalue weighted by atomic mass is 32.2. The van der Waals surface area contributed by atoms with Crippen LogP contribution in [0.3, 0.4) is 0 Å². The molecule has 5 rings (SSSR count). The number of aromatic nitrogens is 2. The highest BCUT2D eigenvalue weighted by Gasteiger charge is 2.73. The molecule has 50 heavy (non-hydrogen) atoms. The average Bonchev–Trinajstić information content (AvgIpc) is 3.43. The molecule has 17 heteroatoms. The Balaban J connectivity index is 1.63. The van der Waals surface area contributed by atoms with E-state index in [9.17, 15) is 52.7 Å². The molecule has 0 bridgehead atoms. The van der Waals surface area contributed by atoms with E-state index in [4.69, 9.17) is 4.74 Å². The number of ether oxygens (including phenoxy) is 2. The minimum Gasteiger partial charge on any atom is -0.465 e. The molecule has 3 aromatic carbocycles. The molecule has 0 amide bonds. The summed E-state index contributed by atoms with van der Waals surface area (Å²) < 4.78 is 167. The van der Waals surface area contributed by atoms with Crippen LogP contribution in [0.2, 0.25) is 0 Å². The second kappa shape index (κ2) is 13.4. The van der Waals surface area contributed by atoms with E-state index >= 15 is 0 Å². The van der Waals surface area contributed by atoms with E-state index in [1.165, 1.54) is 10.9 Å². The van der Waals surface area contributed by atoms with Gasteiger partial charge in [-0.1, -0.05) is 30.3 Å². The van der Waals surface area contributed by atoms with Crippen molar-refractivity contribution in [3.8, 4) is 0 Å². The molecule has 1 aliphatic carbocycles. The number of fused-ring (bicyclic) bond motifs is 1. The first-order valence-electron chi connectivity index (χ1n) is 14.9. The monoisotopic (exact) mass is 734 g/mol. The van der Waals surface area contributed by atoms with Gasteiger partial charge in [-0.25, -0.2) is 21.6 Å². The number of rotatable bonds is 10. The quantitative estimate of drug-likeness (QED) is 0.0970. The number of hydrogen-bond donors (Lipinski definition) is 0. The maximum Gasteiger partial charge on any atom is 0.430 e. The molecule has 0 fully saturated rings. The van der Waals surface area contributed by atoms with Gasteiger partial charge in [-0.05, 0) is 73.7 Å². The van der Waals surface area contributed by atoms with Crippen molar-refractivity contribution in [3.63, 3.8) is 0 Å². The summed E-state index contributed by atoms with van der Waals surface area (Å²) in [4.78, 5) is 11.7. The van der Waals surface area contributed by atoms with Gasteiger partial charge in [0.15, 0.2) is 9.84 Å². The Labute approximate surface area is 279 Å². The second-order valence-corrected chi connectivity index (χ2v) is 13.7. The smallest absolute Gasteiger partial charge is 0.430 e. The van der Waals surface area contributed by atoms with E-state index in [1.807, 2.05) is 0 Å². The maximum atomic E-state index is 14.5. The van der Waals surface area contributed by atoms with Crippen LogP contribution in [-0.4, -0.2) is 43.1 Å². The lowest BCUT2D eigenvalue weighted by Gasteiger charge is -2.39. The van der Waals surface area contributed by atoms with Gasteiger partial charge in [0.2, 0.25) is 0 Å². The zero-order valence-corrected chi connectivity index (χ0v) is 26.7. The third-order valence-electron chi connectivity index (χ3n) is 8.61. The number of hydrogen-bond acceptors (Lipinski definition) is 6. The molecule has 268 valence electrons. The summed E-state index contributed by atoms with van der Waals surface area (Å²) in [5.41, 5.74) is -7.23. The molecule has 1 atom stereocenters. The summed E-state index contributed by atoms with van der Waals surface area (Å²) in [6.45, 7) is -0.380. The van der Waals surface area contributed by atoms with Crippen LogP contribution in [-0.2, 0) is 60.4 Å². The molecule has 0 N–H and O–H groups in total. The van der Waals surface area contributed by atoms with Crippen LogP contribution in [0.25, 0.3) is 0 Å². The Kier molecular flexibility index (Phi) is 9.88. The first kappa shape index (κ1) is 36.9. The van der Waals surface area contributed by atoms with Crippen molar-refractivity contribution >= 4 is 15.8 Å². The fourth-order valence-electron chi connectivity index (χ4n) is 6.13. The van der Waals surface area contributed by atoms with Gasteiger partial charge in [-0.2, -0.15) is 31.4 Å². The number of alkyl halides is 6. The van der Waals surface area contributed by atoms with E-state index in [1.54, 1.807) is 6.92 Å². The zero-order chi connectivity index (χ0) is 36.7. The fourth-order valence-corrected chi connectivity index (χ4v) is 8.24. The van der Waals surface area contributed by atoms with Crippen LogP contribution < -0.4 is 0 Å². The number of benzene rings is 3. The van der Waals surface area contributed by atoms with E-state index < -0.39 is 73.7 Å². The summed E-state index contributed by atoms with van der Waals surface area (Å²) in [7, 11) is -4.57. The molecule has 1 unspecified atom stereocenters. The van der Waals surface area contributed by atoms with Crippen LogP contribution in [0, 0.1) is 17.5 Å². The molecular formula is C33H27F9N2O5S. The van der Waals surface area contributed by atoms with Crippen molar-refractivity contribution < 1.29 is 62.2 Å². The Morgan fingerprint density at radius 3 is 2.06 bits per heavy atom. The molecule has 0 saturated heterocycles. The van der Waals surface area contributed by atoms with Gasteiger partial charge in [-0.15, -0.1) is 0 Å². The fraction of sp³-hybridized carbons (Fsp3) is 0.333. The van der Waals surface area contributed by atoms with Crippen molar-refractivity contribution in [3.05, 3.63) is 118 Å². The number of carbonyl (C=O) groups is 1. The molecule has 0 saturated carbocycles. The molecule has 1 heterocycles. The van der Waals surface area contributed by atoms with Gasteiger partial charge in [0.1, 0.15) is 28.7 Å². The van der Waals surface area contributed by atoms with Crippen LogP contribution in [0.15, 0.2) is 77.8 Å². The second-order valence-electron chi connectivity index (χ2n) is 11.5. The largest absolute Gasteiger partial charge is 0.465 e. The van der Waals surface area contributed by atoms with Gasteiger partial charge >= 0.3 is 18.3 Å². The molecule has 0 spiro atoms. The van der Waals surface area contributed by atoms with Crippen LogP contribution in [0.1, 0.15) is 41.3 Å². The number of halogens is 9. The molecular weight excluding hydrogens is 707 g/mol. The first-order chi connectivity index (χ1) is 23.4. The number of nitrogens with zero attached hydrogens (tertiary/aromatic N) is 2. The Morgan fingerprint density at radius 1 is 0.900 bits per heavy atom. The average molecular weight is 735 g/mol. The molecule has 1 aliphatic rings. The third kappa shape index (κ3) is 6.36. The van der Waals surface area contributed by atoms with E-state index in [-0.39, 0.29) is 42.9 Å². The van der Waals surface area contributed by atoms with Gasteiger partial charge in [-0.3, -0.25) is 9.48 Å². The Hall–Kier alpha value is -4.38. The highest BCUT2D eigenvalue weighted by molar-refractivity contribution is 7.92. The maximum absolute atomic E-state index is 14.5. The minimum absolute atomic E-state index is 0.0523. The lowest BCUT2D eigenvalue weighted by Crippen LogP contribution is -2.56. The van der Waals surface area contributed by atoms with E-state index in [0.717, 1.165) is 42.5 Å². The van der Waals surface area contributed by atoms with Gasteiger partial charge < -0.3 is 9.47 Å². The third-order valence-corrected chi connectivity index (χ3v) is 11.1. The van der Waals surface area contributed by atoms with Crippen LogP contribution in [0.5, 0.6) is 0 Å². The predicted octanol–water partition coefficient (Wildman–Crippen LogP) is 7.26. The molecule has 0 aliphatic heterocycles. The first-order valence-corrected chi connectivity index (χ1v) is 16.4. The standard InChI is InChI=1S/C33H27F9N2O5S/c1-2-48-29(45)18-44-28-14-15-30(16-20(28)17-43-44,50(46,47)24-12-10-23(34)11-13-24)21-6-8-22(9-7-21)31(32(37,38)39,33(40,41)42)49-19-25-26(35)4-3-5-27(25)36/h3-13,17H,2,14-16,18-19H2,1H3. The van der Waals surface area contributed by atoms with Crippen LogP contribution in [0.4, 0.5) is 39.5 Å². The van der Waals surface area contributed by atoms with Crippen LogP contribution >= 0.6 is 0 Å². The number of carbonyl (C=O) groups excluding carboxylic acids is 1. The van der Waals surface area contributed by atoms with Gasteiger partial charge in [0, 0.05) is 16.8 Å². The molecule has 7 nitrogen and oxygen atoms in total. The Bertz CT molecular complexity index is 1940. The van der Waals surface area contributed by atoms with Gasteiger partial charge in [0.25, 0.3) is 5.60 Å². The summed E-state index contributed by atoms with van der Waals surface area (Å²) >= 11 is 0. The zero-order valence-electron chi connectivity index (χ0n) is 25.9. The van der Waals surface area contributed by atoms with Crippen molar-refractivity contribution in [2.75, 3.05) is 6.61 Å². The molecule has 1 aromatic heterocycles. The summed E-state index contributed by atoms with van der Waals surface area (Å²) in [5, 5.41) is 4.16. The number of sulfone groups is 1. The molecule has 0 radical (unpaired) electrons. The summed E-state index contributed by atoms with van der Waals surface area (Å²) in [5.74, 6) is -4.26. The Morgan fingerprint density at radius 2 is 1.50 bits per heavy atom. The summed E-state index contributed by atoms with van der Waals surface area (Å²) in [6, 6.07) is 8.22. The van der Waals surface area contributed by atoms with E-state index in [0.29, 0.717) is 35.5 Å². The predicted molar refractivity (Wildman–Crippen MR) is 158 cm³/mol. The number of esters is 1. The SMILES string of the molecule is CCOC(=O)Cn1ncc2c1CCC(c1ccc(C(OCc3c(F)cccc3F)(C(F)(F)F)C(F)(F)F)cc1)(S(=O)(=O)c1ccc(F)cc1)C2. The lowest BCUT2D eigenvalue weighted by atomic mass is 9.80. The summed E-state index contributed by atoms with van der Waals surface area (Å²) in [6.07, 6.45) is -11.9. The minimum atomic E-state index is -6.22. The topological polar surface area (TPSA) is 87.5 Å². The van der Waals surface area contributed by atoms with Crippen molar-refractivity contribution in [1.82, 2.24) is 9.78 Å². The molecule has 4 aromatic rings. The van der Waals surface area contributed by atoms with E-state index in [2.05, 4.69) is 9.84 Å². The lowest BCUT2D eigenvalue weighted by molar-refractivity contribution is -0.392. The van der Waals surface area contributed by atoms with Crippen molar-refractivity contribution in [2.24, 2.45) is 0 Å². The normalized spacial score (nSPS) is 17.0. The van der Waals surface area contributed by atoms with Gasteiger partial charge in [0.05, 0.1) is 24.3 Å². The van der Waals surface area contributed by atoms with Crippen molar-refractivity contribution in [1.29, 1.82) is 0 Å².